The number of aromatic hydroxyl groups is 2. The Bertz CT molecular complexity index is 989. The lowest BCUT2D eigenvalue weighted by molar-refractivity contribution is 0.0984. The van der Waals surface area contributed by atoms with Gasteiger partial charge >= 0.3 is 0 Å². The van der Waals surface area contributed by atoms with Gasteiger partial charge in [-0.1, -0.05) is 20.8 Å². The summed E-state index contributed by atoms with van der Waals surface area (Å²) in [5, 5.41) is 21.4. The summed E-state index contributed by atoms with van der Waals surface area (Å²) in [7, 11) is 1.99. The number of carbonyl (C=O) groups excluding carboxylic acids is 1. The van der Waals surface area contributed by atoms with Gasteiger partial charge in [0.2, 0.25) is 0 Å². The number of aryl methyl sites for hydroxylation is 1. The van der Waals surface area contributed by atoms with Crippen LogP contribution >= 0.6 is 0 Å². The van der Waals surface area contributed by atoms with E-state index in [0.717, 1.165) is 23.0 Å². The standard InChI is InChI=1S/C22H26N2O3/c1-5-9-24(16-6-7-19-15(11-16)8-10-23(19)4)22(27)18-12-17(14(2)3)20(25)13-21(18)26/h6-8,10-14,25-26H,5,9H2,1-4H3. The number of phenolic OH excluding ortho intramolecular Hbond substituents is 2. The molecule has 1 amide bonds. The molecule has 0 atom stereocenters. The first-order chi connectivity index (χ1) is 12.8. The Morgan fingerprint density at radius 3 is 2.52 bits per heavy atom. The van der Waals surface area contributed by atoms with Crippen LogP contribution in [-0.2, 0) is 7.05 Å². The summed E-state index contributed by atoms with van der Waals surface area (Å²) in [6.07, 6.45) is 2.77. The Morgan fingerprint density at radius 2 is 1.85 bits per heavy atom. The van der Waals surface area contributed by atoms with E-state index in [2.05, 4.69) is 0 Å². The number of phenols is 2. The van der Waals surface area contributed by atoms with E-state index in [0.29, 0.717) is 12.1 Å². The van der Waals surface area contributed by atoms with Gasteiger partial charge in [0.25, 0.3) is 5.91 Å². The maximum absolute atomic E-state index is 13.3. The zero-order chi connectivity index (χ0) is 19.7. The third-order valence-electron chi connectivity index (χ3n) is 4.87. The van der Waals surface area contributed by atoms with Crippen molar-refractivity contribution in [1.29, 1.82) is 0 Å². The monoisotopic (exact) mass is 366 g/mol. The lowest BCUT2D eigenvalue weighted by Crippen LogP contribution is -2.31. The maximum Gasteiger partial charge on any atom is 0.262 e. The van der Waals surface area contributed by atoms with Crippen molar-refractivity contribution in [2.75, 3.05) is 11.4 Å². The normalized spacial score (nSPS) is 11.3. The molecule has 5 heteroatoms. The first-order valence-electron chi connectivity index (χ1n) is 9.26. The number of hydrogen-bond donors (Lipinski definition) is 2. The average molecular weight is 366 g/mol. The van der Waals surface area contributed by atoms with Gasteiger partial charge in [0, 0.05) is 42.4 Å². The molecule has 2 aromatic carbocycles. The van der Waals surface area contributed by atoms with E-state index in [4.69, 9.17) is 0 Å². The number of amides is 1. The first-order valence-corrected chi connectivity index (χ1v) is 9.26. The lowest BCUT2D eigenvalue weighted by Gasteiger charge is -2.24. The Hall–Kier alpha value is -2.95. The molecular formula is C22H26N2O3. The van der Waals surface area contributed by atoms with E-state index in [1.807, 2.05) is 62.8 Å². The van der Waals surface area contributed by atoms with Gasteiger partial charge in [-0.2, -0.15) is 0 Å². The minimum absolute atomic E-state index is 0.00629. The van der Waals surface area contributed by atoms with Crippen LogP contribution in [-0.4, -0.2) is 27.2 Å². The van der Waals surface area contributed by atoms with Crippen molar-refractivity contribution in [3.8, 4) is 11.5 Å². The number of aromatic nitrogens is 1. The maximum atomic E-state index is 13.3. The minimum atomic E-state index is -0.272. The van der Waals surface area contributed by atoms with E-state index in [1.54, 1.807) is 11.0 Å². The molecule has 27 heavy (non-hydrogen) atoms. The number of nitrogens with zero attached hydrogens (tertiary/aromatic N) is 2. The van der Waals surface area contributed by atoms with Crippen LogP contribution in [0.1, 0.15) is 49.0 Å². The van der Waals surface area contributed by atoms with Gasteiger partial charge in [0.1, 0.15) is 11.5 Å². The van der Waals surface area contributed by atoms with Crippen LogP contribution in [0.2, 0.25) is 0 Å². The van der Waals surface area contributed by atoms with Crippen LogP contribution in [0.4, 0.5) is 5.69 Å². The third kappa shape index (κ3) is 3.50. The molecule has 0 aliphatic heterocycles. The summed E-state index contributed by atoms with van der Waals surface area (Å²) in [6.45, 7) is 6.42. The first kappa shape index (κ1) is 18.8. The summed E-state index contributed by atoms with van der Waals surface area (Å²) in [5.41, 5.74) is 2.74. The number of benzene rings is 2. The van der Waals surface area contributed by atoms with E-state index < -0.39 is 0 Å². The third-order valence-corrected chi connectivity index (χ3v) is 4.87. The number of hydrogen-bond acceptors (Lipinski definition) is 3. The van der Waals surface area contributed by atoms with Gasteiger partial charge in [-0.05, 0) is 48.2 Å². The summed E-state index contributed by atoms with van der Waals surface area (Å²) in [6, 6.07) is 10.8. The summed E-state index contributed by atoms with van der Waals surface area (Å²) >= 11 is 0. The van der Waals surface area contributed by atoms with Crippen LogP contribution in [0.25, 0.3) is 10.9 Å². The second kappa shape index (κ2) is 7.35. The van der Waals surface area contributed by atoms with Gasteiger partial charge in [-0.25, -0.2) is 0 Å². The zero-order valence-corrected chi connectivity index (χ0v) is 16.2. The predicted molar refractivity (Wildman–Crippen MR) is 109 cm³/mol. The molecule has 3 aromatic rings. The highest BCUT2D eigenvalue weighted by Gasteiger charge is 2.23. The summed E-state index contributed by atoms with van der Waals surface area (Å²) in [5.74, 6) is -0.431. The quantitative estimate of drug-likeness (QED) is 0.683. The Kier molecular flexibility index (Phi) is 5.13. The molecule has 1 aromatic heterocycles. The largest absolute Gasteiger partial charge is 0.508 e. The highest BCUT2D eigenvalue weighted by atomic mass is 16.3. The number of fused-ring (bicyclic) bond motifs is 1. The Labute approximate surface area is 159 Å². The fourth-order valence-corrected chi connectivity index (χ4v) is 3.38. The second-order valence-electron chi connectivity index (χ2n) is 7.21. The number of anilines is 1. The molecule has 0 spiro atoms. The predicted octanol–water partition coefficient (Wildman–Crippen LogP) is 4.77. The van der Waals surface area contributed by atoms with Gasteiger partial charge < -0.3 is 19.7 Å². The zero-order valence-electron chi connectivity index (χ0n) is 16.2. The van der Waals surface area contributed by atoms with Gasteiger partial charge in [-0.3, -0.25) is 4.79 Å². The average Bonchev–Trinajstić information content (AvgIpc) is 2.99. The molecule has 0 radical (unpaired) electrons. The summed E-state index contributed by atoms with van der Waals surface area (Å²) in [4.78, 5) is 14.9. The van der Waals surface area contributed by atoms with E-state index in [9.17, 15) is 15.0 Å². The fourth-order valence-electron chi connectivity index (χ4n) is 3.38. The van der Waals surface area contributed by atoms with Crippen LogP contribution in [0, 0.1) is 0 Å². The van der Waals surface area contributed by atoms with Crippen LogP contribution < -0.4 is 4.90 Å². The molecule has 1 heterocycles. The lowest BCUT2D eigenvalue weighted by atomic mass is 9.98. The number of carbonyl (C=O) groups is 1. The molecule has 0 unspecified atom stereocenters. The van der Waals surface area contributed by atoms with Crippen LogP contribution in [0.5, 0.6) is 11.5 Å². The van der Waals surface area contributed by atoms with Crippen molar-refractivity contribution in [2.24, 2.45) is 7.05 Å². The van der Waals surface area contributed by atoms with Crippen molar-refractivity contribution >= 4 is 22.5 Å². The van der Waals surface area contributed by atoms with E-state index in [-0.39, 0.29) is 28.9 Å². The molecule has 0 aliphatic carbocycles. The molecule has 142 valence electrons. The second-order valence-corrected chi connectivity index (χ2v) is 7.21. The van der Waals surface area contributed by atoms with Gasteiger partial charge in [-0.15, -0.1) is 0 Å². The van der Waals surface area contributed by atoms with E-state index in [1.165, 1.54) is 6.07 Å². The molecule has 0 saturated heterocycles. The Balaban J connectivity index is 2.06. The molecule has 3 rings (SSSR count). The molecule has 0 saturated carbocycles. The molecule has 0 aliphatic rings. The van der Waals surface area contributed by atoms with Crippen molar-refractivity contribution in [2.45, 2.75) is 33.1 Å². The smallest absolute Gasteiger partial charge is 0.262 e. The highest BCUT2D eigenvalue weighted by molar-refractivity contribution is 6.08. The topological polar surface area (TPSA) is 65.7 Å². The van der Waals surface area contributed by atoms with Crippen molar-refractivity contribution < 1.29 is 15.0 Å². The van der Waals surface area contributed by atoms with Gasteiger partial charge in [0.05, 0.1) is 5.56 Å². The molecule has 5 nitrogen and oxygen atoms in total. The molecule has 0 bridgehead atoms. The SMILES string of the molecule is CCCN(C(=O)c1cc(C(C)C)c(O)cc1O)c1ccc2c(ccn2C)c1. The molecule has 0 fully saturated rings. The van der Waals surface area contributed by atoms with Crippen molar-refractivity contribution in [1.82, 2.24) is 4.57 Å². The number of rotatable bonds is 5. The van der Waals surface area contributed by atoms with Gasteiger partial charge in [0.15, 0.2) is 0 Å². The minimum Gasteiger partial charge on any atom is -0.508 e. The molecular weight excluding hydrogens is 340 g/mol. The Morgan fingerprint density at radius 1 is 1.11 bits per heavy atom. The van der Waals surface area contributed by atoms with Crippen molar-refractivity contribution in [3.63, 3.8) is 0 Å². The fraction of sp³-hybridized carbons (Fsp3) is 0.318. The highest BCUT2D eigenvalue weighted by Crippen LogP contribution is 2.34. The summed E-state index contributed by atoms with van der Waals surface area (Å²) < 4.78 is 2.03. The van der Waals surface area contributed by atoms with E-state index >= 15 is 0 Å². The van der Waals surface area contributed by atoms with Crippen molar-refractivity contribution in [3.05, 3.63) is 53.7 Å². The molecule has 2 N–H and O–H groups in total. The van der Waals surface area contributed by atoms with Crippen LogP contribution in [0.3, 0.4) is 0 Å². The van der Waals surface area contributed by atoms with Crippen LogP contribution in [0.15, 0.2) is 42.6 Å².